The topological polar surface area (TPSA) is 126 Å². The zero-order valence-electron chi connectivity index (χ0n) is 23.1. The summed E-state index contributed by atoms with van der Waals surface area (Å²) in [4.78, 5) is 25.0. The first-order valence-corrected chi connectivity index (χ1v) is 14.3. The summed E-state index contributed by atoms with van der Waals surface area (Å²) in [5, 5.41) is 6.69. The first-order valence-electron chi connectivity index (χ1n) is 12.9. The number of ether oxygens (including phenoxy) is 2. The van der Waals surface area contributed by atoms with Crippen LogP contribution in [0.3, 0.4) is 0 Å². The van der Waals surface area contributed by atoms with Gasteiger partial charge in [0.25, 0.3) is 21.8 Å². The smallest absolute Gasteiger partial charge is 0.264 e. The second-order valence-corrected chi connectivity index (χ2v) is 11.0. The Morgan fingerprint density at radius 2 is 1.48 bits per heavy atom. The van der Waals surface area contributed by atoms with Gasteiger partial charge in [-0.2, -0.15) is 5.10 Å². The number of hydrazone groups is 1. The highest BCUT2D eigenvalue weighted by Gasteiger charge is 2.27. The number of rotatable bonds is 12. The molecule has 10 nitrogen and oxygen atoms in total. The molecule has 11 heteroatoms. The molecule has 0 fully saturated rings. The van der Waals surface area contributed by atoms with Crippen molar-refractivity contribution in [2.45, 2.75) is 11.8 Å². The minimum absolute atomic E-state index is 0.0776. The van der Waals surface area contributed by atoms with Crippen LogP contribution in [-0.2, 0) is 19.6 Å². The summed E-state index contributed by atoms with van der Waals surface area (Å²) >= 11 is 0. The van der Waals surface area contributed by atoms with Crippen molar-refractivity contribution in [3.05, 3.63) is 114 Å². The number of nitrogens with zero attached hydrogens (tertiary/aromatic N) is 2. The fraction of sp³-hybridized carbons (Fsp3) is 0.129. The molecule has 4 aromatic rings. The largest absolute Gasteiger partial charge is 0.497 e. The number of anilines is 2. The summed E-state index contributed by atoms with van der Waals surface area (Å²) in [5.41, 5.74) is 4.93. The fourth-order valence-corrected chi connectivity index (χ4v) is 5.18. The summed E-state index contributed by atoms with van der Waals surface area (Å²) in [5.74, 6) is 0.226. The SMILES string of the molecule is COc1ccc(NC(=O)COc2ccc(/C=N\NC(=O)CN(c3ccccc3)S(=O)(=O)c3ccc(C)cc3)cc2)cc1. The number of methoxy groups -OCH3 is 1. The molecule has 0 bridgehead atoms. The Labute approximate surface area is 244 Å². The van der Waals surface area contributed by atoms with E-state index in [1.54, 1.807) is 98.1 Å². The number of para-hydroxylation sites is 1. The van der Waals surface area contributed by atoms with Gasteiger partial charge in [0.2, 0.25) is 0 Å². The number of nitrogens with one attached hydrogen (secondary N) is 2. The molecular formula is C31H30N4O6S. The van der Waals surface area contributed by atoms with Gasteiger partial charge in [0.05, 0.1) is 23.9 Å². The van der Waals surface area contributed by atoms with Crippen molar-refractivity contribution < 1.29 is 27.5 Å². The van der Waals surface area contributed by atoms with E-state index in [-0.39, 0.29) is 17.4 Å². The first-order chi connectivity index (χ1) is 20.2. The van der Waals surface area contributed by atoms with Crippen molar-refractivity contribution in [3.63, 3.8) is 0 Å². The van der Waals surface area contributed by atoms with Gasteiger partial charge in [0.15, 0.2) is 6.61 Å². The average Bonchev–Trinajstić information content (AvgIpc) is 3.00. The molecular weight excluding hydrogens is 556 g/mol. The minimum Gasteiger partial charge on any atom is -0.497 e. The second-order valence-electron chi connectivity index (χ2n) is 9.09. The first kappa shape index (κ1) is 29.8. The fourth-order valence-electron chi connectivity index (χ4n) is 3.76. The number of aryl methyl sites for hydroxylation is 1. The number of hydrogen-bond donors (Lipinski definition) is 2. The van der Waals surface area contributed by atoms with Gasteiger partial charge in [-0.3, -0.25) is 13.9 Å². The van der Waals surface area contributed by atoms with E-state index in [2.05, 4.69) is 15.8 Å². The molecule has 0 radical (unpaired) electrons. The standard InChI is InChI=1S/C31H30N4O6S/c1-23-8-18-29(19-9-23)42(38,39)35(26-6-4-3-5-7-26)21-30(36)34-32-20-24-10-14-28(15-11-24)41-22-31(37)33-25-12-16-27(40-2)17-13-25/h3-20H,21-22H2,1-2H3,(H,33,37)(H,34,36)/b32-20-. The molecule has 0 spiro atoms. The number of hydrogen-bond acceptors (Lipinski definition) is 7. The molecule has 0 aliphatic rings. The number of benzene rings is 4. The maximum absolute atomic E-state index is 13.4. The normalized spacial score (nSPS) is 11.1. The zero-order chi connectivity index (χ0) is 30.0. The molecule has 0 aliphatic heterocycles. The van der Waals surface area contributed by atoms with Crippen LogP contribution in [0.4, 0.5) is 11.4 Å². The molecule has 0 aliphatic carbocycles. The third-order valence-electron chi connectivity index (χ3n) is 5.97. The number of carbonyl (C=O) groups excluding carboxylic acids is 2. The van der Waals surface area contributed by atoms with Crippen LogP contribution in [0.1, 0.15) is 11.1 Å². The monoisotopic (exact) mass is 586 g/mol. The van der Waals surface area contributed by atoms with Crippen molar-refractivity contribution >= 4 is 39.4 Å². The van der Waals surface area contributed by atoms with Crippen LogP contribution in [0.25, 0.3) is 0 Å². The van der Waals surface area contributed by atoms with Gasteiger partial charge in [-0.15, -0.1) is 0 Å². The van der Waals surface area contributed by atoms with E-state index in [4.69, 9.17) is 9.47 Å². The third kappa shape index (κ3) is 8.18. The average molecular weight is 587 g/mol. The van der Waals surface area contributed by atoms with Crippen LogP contribution in [0.2, 0.25) is 0 Å². The van der Waals surface area contributed by atoms with E-state index in [1.807, 2.05) is 6.92 Å². The second kappa shape index (κ2) is 14.0. The Balaban J connectivity index is 1.31. The molecule has 216 valence electrons. The van der Waals surface area contributed by atoms with E-state index in [0.717, 1.165) is 9.87 Å². The Morgan fingerprint density at radius 1 is 0.833 bits per heavy atom. The van der Waals surface area contributed by atoms with Crippen LogP contribution in [0.5, 0.6) is 11.5 Å². The van der Waals surface area contributed by atoms with E-state index >= 15 is 0 Å². The molecule has 42 heavy (non-hydrogen) atoms. The molecule has 4 rings (SSSR count). The van der Waals surface area contributed by atoms with E-state index < -0.39 is 22.5 Å². The Hall–Kier alpha value is -5.16. The molecule has 0 unspecified atom stereocenters. The molecule has 0 aromatic heterocycles. The van der Waals surface area contributed by atoms with E-state index in [9.17, 15) is 18.0 Å². The molecule has 0 saturated carbocycles. The van der Waals surface area contributed by atoms with Crippen LogP contribution < -0.4 is 24.5 Å². The molecule has 0 heterocycles. The number of amides is 2. The van der Waals surface area contributed by atoms with Gasteiger partial charge < -0.3 is 14.8 Å². The minimum atomic E-state index is -4.01. The van der Waals surface area contributed by atoms with Gasteiger partial charge in [-0.1, -0.05) is 35.9 Å². The molecule has 0 saturated heterocycles. The van der Waals surface area contributed by atoms with Crippen molar-refractivity contribution in [3.8, 4) is 11.5 Å². The lowest BCUT2D eigenvalue weighted by Crippen LogP contribution is -2.39. The van der Waals surface area contributed by atoms with Crippen LogP contribution in [0, 0.1) is 6.92 Å². The van der Waals surface area contributed by atoms with Gasteiger partial charge in [0, 0.05) is 5.69 Å². The van der Waals surface area contributed by atoms with Crippen LogP contribution in [0.15, 0.2) is 113 Å². The molecule has 2 amide bonds. The summed E-state index contributed by atoms with van der Waals surface area (Å²) in [7, 11) is -2.44. The van der Waals surface area contributed by atoms with Gasteiger partial charge >= 0.3 is 0 Å². The van der Waals surface area contributed by atoms with Crippen molar-refractivity contribution in [1.29, 1.82) is 0 Å². The van der Waals surface area contributed by atoms with Crippen molar-refractivity contribution in [1.82, 2.24) is 5.43 Å². The maximum Gasteiger partial charge on any atom is 0.264 e. The predicted octanol–water partition coefficient (Wildman–Crippen LogP) is 4.37. The summed E-state index contributed by atoms with van der Waals surface area (Å²) in [6, 6.07) is 28.5. The summed E-state index contributed by atoms with van der Waals surface area (Å²) < 4.78 is 38.4. The molecule has 0 atom stereocenters. The quantitative estimate of drug-likeness (QED) is 0.188. The molecule has 2 N–H and O–H groups in total. The molecule has 4 aromatic carbocycles. The van der Waals surface area contributed by atoms with Gasteiger partial charge in [-0.05, 0) is 85.3 Å². The Kier molecular flexibility index (Phi) is 9.90. The van der Waals surface area contributed by atoms with Gasteiger partial charge in [-0.25, -0.2) is 13.8 Å². The highest BCUT2D eigenvalue weighted by atomic mass is 32.2. The highest BCUT2D eigenvalue weighted by Crippen LogP contribution is 2.23. The zero-order valence-corrected chi connectivity index (χ0v) is 23.9. The van der Waals surface area contributed by atoms with Crippen LogP contribution in [-0.4, -0.2) is 46.7 Å². The lowest BCUT2D eigenvalue weighted by molar-refractivity contribution is -0.119. The highest BCUT2D eigenvalue weighted by molar-refractivity contribution is 7.92. The Bertz CT molecular complexity index is 1620. The summed E-state index contributed by atoms with van der Waals surface area (Å²) in [6.45, 7) is 1.21. The predicted molar refractivity (Wildman–Crippen MR) is 161 cm³/mol. The van der Waals surface area contributed by atoms with Crippen molar-refractivity contribution in [2.75, 3.05) is 29.9 Å². The van der Waals surface area contributed by atoms with Gasteiger partial charge in [0.1, 0.15) is 18.0 Å². The lowest BCUT2D eigenvalue weighted by Gasteiger charge is -2.23. The van der Waals surface area contributed by atoms with E-state index in [0.29, 0.717) is 28.4 Å². The Morgan fingerprint density at radius 3 is 2.12 bits per heavy atom. The number of carbonyl (C=O) groups is 2. The van der Waals surface area contributed by atoms with E-state index in [1.165, 1.54) is 18.3 Å². The maximum atomic E-state index is 13.4. The van der Waals surface area contributed by atoms with Crippen LogP contribution >= 0.6 is 0 Å². The summed E-state index contributed by atoms with van der Waals surface area (Å²) in [6.07, 6.45) is 1.42. The number of sulfonamides is 1. The third-order valence-corrected chi connectivity index (χ3v) is 7.76. The van der Waals surface area contributed by atoms with Crippen molar-refractivity contribution in [2.24, 2.45) is 5.10 Å². The lowest BCUT2D eigenvalue weighted by atomic mass is 10.2.